The number of hydrogen-bond donors (Lipinski definition) is 0. The highest BCUT2D eigenvalue weighted by molar-refractivity contribution is 6.30. The zero-order valence-electron chi connectivity index (χ0n) is 17.7. The lowest BCUT2D eigenvalue weighted by atomic mass is 9.84. The van der Waals surface area contributed by atoms with Gasteiger partial charge >= 0.3 is 0 Å². The molecule has 160 valence electrons. The van der Waals surface area contributed by atoms with Gasteiger partial charge in [-0.2, -0.15) is 0 Å². The van der Waals surface area contributed by atoms with Gasteiger partial charge in [0.15, 0.2) is 11.5 Å². The van der Waals surface area contributed by atoms with E-state index in [0.29, 0.717) is 38.6 Å². The maximum Gasteiger partial charge on any atom is 0.289 e. The number of aryl methyl sites for hydroxylation is 1. The second-order valence-electron chi connectivity index (χ2n) is 8.66. The van der Waals surface area contributed by atoms with Gasteiger partial charge in [-0.05, 0) is 62.9 Å². The van der Waals surface area contributed by atoms with Crippen LogP contribution in [0.4, 0.5) is 0 Å². The second-order valence-corrected chi connectivity index (χ2v) is 9.10. The Morgan fingerprint density at radius 3 is 2.48 bits per heavy atom. The number of ketones is 1. The van der Waals surface area contributed by atoms with Crippen LogP contribution in [0.2, 0.25) is 5.02 Å². The van der Waals surface area contributed by atoms with E-state index in [0.717, 1.165) is 37.9 Å². The van der Waals surface area contributed by atoms with Gasteiger partial charge in [0.2, 0.25) is 0 Å². The minimum atomic E-state index is -0.785. The smallest absolute Gasteiger partial charge is 0.289 e. The highest BCUT2D eigenvalue weighted by Gasteiger charge is 2.40. The molecule has 6 heteroatoms. The lowest BCUT2D eigenvalue weighted by molar-refractivity contribution is 0.0507. The fourth-order valence-electron chi connectivity index (χ4n) is 4.77. The average molecular weight is 438 g/mol. The molecule has 0 aliphatic carbocycles. The third kappa shape index (κ3) is 3.32. The van der Waals surface area contributed by atoms with E-state index in [1.807, 2.05) is 30.9 Å². The number of furan rings is 1. The Morgan fingerprint density at radius 1 is 1.06 bits per heavy atom. The van der Waals surface area contributed by atoms with Gasteiger partial charge in [-0.1, -0.05) is 23.7 Å². The van der Waals surface area contributed by atoms with Gasteiger partial charge in [-0.15, -0.1) is 0 Å². The van der Waals surface area contributed by atoms with Crippen LogP contribution in [0, 0.1) is 6.92 Å². The van der Waals surface area contributed by atoms with E-state index >= 15 is 0 Å². The molecule has 0 N–H and O–H groups in total. The Hall–Kier alpha value is -2.79. The Bertz CT molecular complexity index is 1190. The molecule has 5 rings (SSSR count). The number of nitrogens with zero attached hydrogens (tertiary/aromatic N) is 1. The minimum Gasteiger partial charge on any atom is -0.482 e. The third-order valence-corrected chi connectivity index (χ3v) is 6.71. The van der Waals surface area contributed by atoms with Crippen molar-refractivity contribution in [3.63, 3.8) is 0 Å². The zero-order chi connectivity index (χ0) is 21.8. The number of likely N-dealkylation sites (tertiary alicyclic amines) is 1. The van der Waals surface area contributed by atoms with Crippen molar-refractivity contribution in [3.05, 3.63) is 63.9 Å². The number of fused-ring (bicyclic) bond motifs is 3. The molecule has 1 aromatic heterocycles. The Kier molecular flexibility index (Phi) is 4.82. The summed E-state index contributed by atoms with van der Waals surface area (Å²) in [6, 6.07) is 10.9. The first-order valence-corrected chi connectivity index (χ1v) is 11.1. The van der Waals surface area contributed by atoms with Crippen molar-refractivity contribution in [2.45, 2.75) is 45.1 Å². The van der Waals surface area contributed by atoms with E-state index in [1.54, 1.807) is 24.3 Å². The summed E-state index contributed by atoms with van der Waals surface area (Å²) >= 11 is 6.02. The Morgan fingerprint density at radius 2 is 1.77 bits per heavy atom. The monoisotopic (exact) mass is 437 g/mol. The largest absolute Gasteiger partial charge is 0.482 e. The van der Waals surface area contributed by atoms with Crippen molar-refractivity contribution in [2.24, 2.45) is 0 Å². The first-order chi connectivity index (χ1) is 14.9. The molecule has 0 radical (unpaired) electrons. The molecule has 2 aliphatic rings. The number of rotatable bonds is 2. The van der Waals surface area contributed by atoms with Crippen LogP contribution in [0.15, 0.2) is 40.8 Å². The zero-order valence-corrected chi connectivity index (χ0v) is 18.4. The molecule has 3 aromatic rings. The van der Waals surface area contributed by atoms with Crippen molar-refractivity contribution < 1.29 is 18.7 Å². The van der Waals surface area contributed by atoms with Crippen molar-refractivity contribution in [3.8, 4) is 5.75 Å². The molecule has 1 saturated heterocycles. The van der Waals surface area contributed by atoms with Crippen LogP contribution >= 0.6 is 11.6 Å². The van der Waals surface area contributed by atoms with E-state index in [2.05, 4.69) is 0 Å². The molecule has 3 heterocycles. The van der Waals surface area contributed by atoms with Crippen molar-refractivity contribution in [1.82, 2.24) is 4.90 Å². The summed E-state index contributed by atoms with van der Waals surface area (Å²) in [5, 5.41) is 1.32. The molecule has 0 saturated carbocycles. The van der Waals surface area contributed by atoms with Crippen LogP contribution in [-0.2, 0) is 5.60 Å². The molecule has 0 unspecified atom stereocenters. The molecule has 1 amide bonds. The van der Waals surface area contributed by atoms with Gasteiger partial charge in [0.25, 0.3) is 5.91 Å². The third-order valence-electron chi connectivity index (χ3n) is 6.46. The van der Waals surface area contributed by atoms with E-state index in [9.17, 15) is 9.59 Å². The van der Waals surface area contributed by atoms with Gasteiger partial charge in [-0.25, -0.2) is 0 Å². The predicted molar refractivity (Wildman–Crippen MR) is 119 cm³/mol. The first-order valence-electron chi connectivity index (χ1n) is 10.7. The summed E-state index contributed by atoms with van der Waals surface area (Å²) in [4.78, 5) is 28.2. The van der Waals surface area contributed by atoms with Gasteiger partial charge in [0.05, 0.1) is 12.0 Å². The predicted octanol–water partition coefficient (Wildman–Crippen LogP) is 5.90. The number of amides is 1. The van der Waals surface area contributed by atoms with Crippen LogP contribution in [0.1, 0.15) is 64.6 Å². The van der Waals surface area contributed by atoms with Crippen LogP contribution in [-0.4, -0.2) is 29.7 Å². The van der Waals surface area contributed by atoms with Crippen LogP contribution < -0.4 is 4.74 Å². The van der Waals surface area contributed by atoms with Gasteiger partial charge in [0, 0.05) is 29.1 Å². The van der Waals surface area contributed by atoms with Crippen molar-refractivity contribution in [1.29, 1.82) is 0 Å². The number of carbonyl (C=O) groups excluding carboxylic acids is 2. The maximum atomic E-state index is 13.3. The van der Waals surface area contributed by atoms with Crippen LogP contribution in [0.5, 0.6) is 5.75 Å². The van der Waals surface area contributed by atoms with Crippen LogP contribution in [0.3, 0.4) is 0 Å². The van der Waals surface area contributed by atoms with E-state index < -0.39 is 5.60 Å². The molecule has 2 aliphatic heterocycles. The lowest BCUT2D eigenvalue weighted by Gasteiger charge is -2.35. The molecular weight excluding hydrogens is 414 g/mol. The topological polar surface area (TPSA) is 59.8 Å². The normalized spacial score (nSPS) is 21.1. The summed E-state index contributed by atoms with van der Waals surface area (Å²) < 4.78 is 12.3. The minimum absolute atomic E-state index is 0.0230. The summed E-state index contributed by atoms with van der Waals surface area (Å²) in [6.07, 6.45) is 3.36. The highest BCUT2D eigenvalue weighted by Crippen LogP contribution is 2.44. The molecule has 31 heavy (non-hydrogen) atoms. The number of piperidine rings is 1. The maximum absolute atomic E-state index is 13.3. The molecule has 0 bridgehead atoms. The molecule has 1 fully saturated rings. The Labute approximate surface area is 185 Å². The van der Waals surface area contributed by atoms with Gasteiger partial charge < -0.3 is 14.1 Å². The summed E-state index contributed by atoms with van der Waals surface area (Å²) in [5.41, 5.74) is 1.86. The number of ether oxygens (including phenoxy) is 1. The van der Waals surface area contributed by atoms with Gasteiger partial charge in [-0.3, -0.25) is 9.59 Å². The molecule has 5 nitrogen and oxygen atoms in total. The number of Topliss-reactive ketones (excluding diaryl/α,β-unsaturated/α-hetero) is 1. The first kappa shape index (κ1) is 20.1. The highest BCUT2D eigenvalue weighted by atomic mass is 35.5. The number of halogens is 1. The number of carbonyl (C=O) groups is 2. The summed E-state index contributed by atoms with van der Waals surface area (Å²) in [5.74, 6) is 0.716. The number of hydrogen-bond acceptors (Lipinski definition) is 4. The quantitative estimate of drug-likeness (QED) is 0.500. The van der Waals surface area contributed by atoms with E-state index in [4.69, 9.17) is 20.8 Å². The fourth-order valence-corrected chi connectivity index (χ4v) is 4.89. The molecule has 2 aromatic carbocycles. The van der Waals surface area contributed by atoms with E-state index in [1.165, 1.54) is 0 Å². The SMILES string of the molecule is Cc1c(C(=O)N2CCCCC2)oc2ccc3c(c12)C(=O)C[C@@](C)(c1ccc(Cl)cc1)O3. The van der Waals surface area contributed by atoms with Crippen molar-refractivity contribution in [2.75, 3.05) is 13.1 Å². The second kappa shape index (κ2) is 7.41. The molecule has 1 atom stereocenters. The number of benzene rings is 2. The van der Waals surface area contributed by atoms with Crippen LogP contribution in [0.25, 0.3) is 11.0 Å². The average Bonchev–Trinajstić information content (AvgIpc) is 3.10. The molecular formula is C25H24ClNO4. The molecule has 0 spiro atoms. The van der Waals surface area contributed by atoms with Gasteiger partial charge in [0.1, 0.15) is 16.9 Å². The summed E-state index contributed by atoms with van der Waals surface area (Å²) in [6.45, 7) is 5.25. The Balaban J connectivity index is 1.56. The fraction of sp³-hybridized carbons (Fsp3) is 0.360. The van der Waals surface area contributed by atoms with Crippen molar-refractivity contribution >= 4 is 34.3 Å². The standard InChI is InChI=1S/C25H24ClNO4/c1-15-21-19(30-23(15)24(29)27-12-4-3-5-13-27)10-11-20-22(21)18(28)14-25(2,31-20)16-6-8-17(26)9-7-16/h6-11H,3-5,12-14H2,1-2H3/t25-/m0/s1. The van der Waals surface area contributed by atoms with E-state index in [-0.39, 0.29) is 18.1 Å². The summed E-state index contributed by atoms with van der Waals surface area (Å²) in [7, 11) is 0. The lowest BCUT2D eigenvalue weighted by Crippen LogP contribution is -2.36.